The van der Waals surface area contributed by atoms with Gasteiger partial charge in [0.15, 0.2) is 11.5 Å². The topological polar surface area (TPSA) is 111 Å². The van der Waals surface area contributed by atoms with Gasteiger partial charge in [-0.2, -0.15) is 0 Å². The van der Waals surface area contributed by atoms with E-state index in [1.165, 1.54) is 21.7 Å². The van der Waals surface area contributed by atoms with Crippen LogP contribution in [0, 0.1) is 5.92 Å². The number of phenols is 5. The molecule has 7 nitrogen and oxygen atoms in total. The van der Waals surface area contributed by atoms with Crippen LogP contribution >= 0.6 is 0 Å². The molecule has 272 valence electrons. The highest BCUT2D eigenvalue weighted by atomic mass is 16.4. The maximum atomic E-state index is 10.6. The quantitative estimate of drug-likeness (QED) is 0.0894. The van der Waals surface area contributed by atoms with Crippen LogP contribution in [0.1, 0.15) is 13.3 Å². The van der Waals surface area contributed by atoms with Crippen molar-refractivity contribution in [1.82, 2.24) is 9.13 Å². The predicted molar refractivity (Wildman–Crippen MR) is 224 cm³/mol. The molecule has 7 heteroatoms. The van der Waals surface area contributed by atoms with Crippen LogP contribution in [-0.2, 0) is 0 Å². The molecule has 9 aromatic rings. The van der Waals surface area contributed by atoms with Crippen molar-refractivity contribution in [3.05, 3.63) is 150 Å². The van der Waals surface area contributed by atoms with Gasteiger partial charge in [0.2, 0.25) is 17.2 Å². The molecule has 0 bridgehead atoms. The van der Waals surface area contributed by atoms with Gasteiger partial charge in [-0.05, 0) is 88.7 Å². The second-order valence-electron chi connectivity index (χ2n) is 14.6. The Morgan fingerprint density at radius 2 is 1.00 bits per heavy atom. The fourth-order valence-electron chi connectivity index (χ4n) is 8.42. The van der Waals surface area contributed by atoms with Crippen molar-refractivity contribution in [3.8, 4) is 73.5 Å². The highest BCUT2D eigenvalue weighted by Crippen LogP contribution is 2.54. The second-order valence-corrected chi connectivity index (χ2v) is 14.6. The van der Waals surface area contributed by atoms with Crippen molar-refractivity contribution in [2.24, 2.45) is 5.92 Å². The van der Waals surface area contributed by atoms with E-state index in [4.69, 9.17) is 0 Å². The Bertz CT molecular complexity index is 3130. The fourth-order valence-corrected chi connectivity index (χ4v) is 8.42. The van der Waals surface area contributed by atoms with Crippen LogP contribution < -0.4 is 10.6 Å². The summed E-state index contributed by atoms with van der Waals surface area (Å²) in [4.78, 5) is 0. The lowest BCUT2D eigenvalue weighted by molar-refractivity contribution is 0.330. The zero-order valence-corrected chi connectivity index (χ0v) is 30.3. The van der Waals surface area contributed by atoms with E-state index in [0.717, 1.165) is 61.6 Å². The number of benzene rings is 7. The number of para-hydroxylation sites is 1. The minimum Gasteiger partial charge on any atom is -0.504 e. The Hall–Kier alpha value is -7.38. The average molecular weight is 733 g/mol. The van der Waals surface area contributed by atoms with Crippen LogP contribution in [0.2, 0.25) is 0 Å². The van der Waals surface area contributed by atoms with Gasteiger partial charge in [-0.15, -0.1) is 0 Å². The van der Waals surface area contributed by atoms with Crippen LogP contribution in [-0.4, -0.2) is 34.7 Å². The summed E-state index contributed by atoms with van der Waals surface area (Å²) in [7, 11) is 0. The van der Waals surface area contributed by atoms with E-state index in [2.05, 4.69) is 137 Å². The Morgan fingerprint density at radius 3 is 1.70 bits per heavy atom. The molecule has 1 aliphatic rings. The largest absolute Gasteiger partial charge is 0.504 e. The Kier molecular flexibility index (Phi) is 7.47. The molecule has 0 amide bonds. The van der Waals surface area contributed by atoms with Crippen LogP contribution in [0.25, 0.3) is 89.6 Å². The molecule has 0 aliphatic heterocycles. The molecule has 2 aromatic heterocycles. The molecular formula is C49H36N2O5. The van der Waals surface area contributed by atoms with Gasteiger partial charge in [-0.25, -0.2) is 0 Å². The van der Waals surface area contributed by atoms with Crippen molar-refractivity contribution in [3.63, 3.8) is 0 Å². The lowest BCUT2D eigenvalue weighted by atomic mass is 9.99. The maximum Gasteiger partial charge on any atom is 0.208 e. The number of aromatic nitrogens is 2. The molecule has 56 heavy (non-hydrogen) atoms. The van der Waals surface area contributed by atoms with Crippen molar-refractivity contribution in [2.75, 3.05) is 0 Å². The van der Waals surface area contributed by atoms with Crippen LogP contribution in [0.15, 0.2) is 140 Å². The highest BCUT2D eigenvalue weighted by Gasteiger charge is 2.25. The molecular weight excluding hydrogens is 697 g/mol. The number of hydrogen-bond acceptors (Lipinski definition) is 5. The Balaban J connectivity index is 1.15. The standard InChI is InChI=1S/C49H36N2O5/c1-28-14-23-37-39-26-38-36-12-5-6-13-40(36)50(34-19-15-30(16-20-34)33-11-7-10-32(25-33)29-8-3-2-4-9-29)42(38)27-43(39)51(41(37)24-28)35-21-17-31(18-22-35)44-45(52)47(54)49(56)48(55)46(44)53/h2-13,15-28,52-56H,14H2,1H3. The summed E-state index contributed by atoms with van der Waals surface area (Å²) < 4.78 is 4.58. The molecule has 0 radical (unpaired) electrons. The third-order valence-electron chi connectivity index (χ3n) is 11.2. The van der Waals surface area contributed by atoms with E-state index < -0.39 is 28.7 Å². The third kappa shape index (κ3) is 5.05. The molecule has 1 atom stereocenters. The molecule has 1 aliphatic carbocycles. The van der Waals surface area contributed by atoms with Crippen molar-refractivity contribution in [2.45, 2.75) is 13.3 Å². The second kappa shape index (κ2) is 12.6. The molecule has 0 spiro atoms. The molecule has 1 unspecified atom stereocenters. The van der Waals surface area contributed by atoms with Crippen molar-refractivity contribution >= 4 is 44.9 Å². The van der Waals surface area contributed by atoms with Crippen molar-refractivity contribution < 1.29 is 25.5 Å². The van der Waals surface area contributed by atoms with Gasteiger partial charge in [-0.3, -0.25) is 0 Å². The first-order chi connectivity index (χ1) is 27.3. The van der Waals surface area contributed by atoms with Gasteiger partial charge in [0.1, 0.15) is 0 Å². The molecule has 10 rings (SSSR count). The zero-order valence-electron chi connectivity index (χ0n) is 30.3. The SMILES string of the molecule is CC1C=c2c(c3cc4c5ccccc5n(-c5ccc(-c6cccc(-c7ccccc7)c6)cc5)c4cc3n2-c2ccc(-c3c(O)c(O)c(O)c(O)c3O)cc2)=CC1. The molecule has 0 saturated carbocycles. The monoisotopic (exact) mass is 732 g/mol. The summed E-state index contributed by atoms with van der Waals surface area (Å²) in [5.41, 5.74) is 9.95. The Labute approximate surface area is 321 Å². The van der Waals surface area contributed by atoms with Gasteiger partial charge >= 0.3 is 0 Å². The maximum absolute atomic E-state index is 10.6. The molecule has 2 heterocycles. The van der Waals surface area contributed by atoms with E-state index in [1.54, 1.807) is 12.1 Å². The van der Waals surface area contributed by atoms with E-state index in [0.29, 0.717) is 11.5 Å². The minimum atomic E-state index is -0.986. The van der Waals surface area contributed by atoms with Crippen molar-refractivity contribution in [1.29, 1.82) is 0 Å². The number of nitrogens with zero attached hydrogens (tertiary/aromatic N) is 2. The molecule has 0 fully saturated rings. The predicted octanol–water partition coefficient (Wildman–Crippen LogP) is 9.86. The number of fused-ring (bicyclic) bond motifs is 6. The number of hydrogen-bond donors (Lipinski definition) is 5. The summed E-state index contributed by atoms with van der Waals surface area (Å²) >= 11 is 0. The highest BCUT2D eigenvalue weighted by molar-refractivity contribution is 6.13. The van der Waals surface area contributed by atoms with Crippen LogP contribution in [0.3, 0.4) is 0 Å². The third-order valence-corrected chi connectivity index (χ3v) is 11.2. The minimum absolute atomic E-state index is 0.182. The summed E-state index contributed by atoms with van der Waals surface area (Å²) in [5, 5.41) is 57.3. The van der Waals surface area contributed by atoms with Gasteiger partial charge in [-0.1, -0.05) is 110 Å². The Morgan fingerprint density at radius 1 is 0.446 bits per heavy atom. The van der Waals surface area contributed by atoms with Gasteiger partial charge in [0.25, 0.3) is 0 Å². The van der Waals surface area contributed by atoms with E-state index in [1.807, 2.05) is 18.2 Å². The lowest BCUT2D eigenvalue weighted by Crippen LogP contribution is -2.31. The summed E-state index contributed by atoms with van der Waals surface area (Å²) in [6.07, 6.45) is 5.55. The molecule has 7 aromatic carbocycles. The summed E-state index contributed by atoms with van der Waals surface area (Å²) in [6, 6.07) is 48.1. The zero-order chi connectivity index (χ0) is 38.2. The van der Waals surface area contributed by atoms with Gasteiger partial charge < -0.3 is 34.7 Å². The first-order valence-electron chi connectivity index (χ1n) is 18.6. The van der Waals surface area contributed by atoms with E-state index >= 15 is 0 Å². The first kappa shape index (κ1) is 33.2. The smallest absolute Gasteiger partial charge is 0.208 e. The average Bonchev–Trinajstić information content (AvgIpc) is 3.73. The van der Waals surface area contributed by atoms with Crippen LogP contribution in [0.5, 0.6) is 28.7 Å². The number of phenolic OH excluding ortho intramolecular Hbond substituents is 5. The lowest BCUT2D eigenvalue weighted by Gasteiger charge is -2.14. The first-order valence-corrected chi connectivity index (χ1v) is 18.6. The van der Waals surface area contributed by atoms with E-state index in [-0.39, 0.29) is 5.56 Å². The van der Waals surface area contributed by atoms with Gasteiger partial charge in [0.05, 0.1) is 27.5 Å². The molecule has 5 N–H and O–H groups in total. The summed E-state index contributed by atoms with van der Waals surface area (Å²) in [6.45, 7) is 2.21. The van der Waals surface area contributed by atoms with Gasteiger partial charge in [0, 0.05) is 32.8 Å². The molecule has 0 saturated heterocycles. The normalized spacial score (nSPS) is 13.8. The van der Waals surface area contributed by atoms with Crippen LogP contribution in [0.4, 0.5) is 0 Å². The van der Waals surface area contributed by atoms with E-state index in [9.17, 15) is 25.5 Å². The fraction of sp³-hybridized carbons (Fsp3) is 0.0612. The summed E-state index contributed by atoms with van der Waals surface area (Å²) in [5.74, 6) is -3.92. The number of rotatable bonds is 5. The number of aromatic hydroxyl groups is 5.